The number of nitrogens with zero attached hydrogens (tertiary/aromatic N) is 2. The van der Waals surface area contributed by atoms with E-state index in [1.807, 2.05) is 12.1 Å². The number of carbonyl (C=O) groups is 1. The average molecular weight is 457 g/mol. The number of rotatable bonds is 5. The van der Waals surface area contributed by atoms with Crippen molar-refractivity contribution in [2.75, 3.05) is 13.1 Å². The monoisotopic (exact) mass is 456 g/mol. The number of morpholine rings is 1. The van der Waals surface area contributed by atoms with E-state index in [-0.39, 0.29) is 12.2 Å². The van der Waals surface area contributed by atoms with Crippen LogP contribution >= 0.6 is 0 Å². The highest BCUT2D eigenvalue weighted by molar-refractivity contribution is 5.97. The lowest BCUT2D eigenvalue weighted by Crippen LogP contribution is -2.44. The van der Waals surface area contributed by atoms with Gasteiger partial charge in [0, 0.05) is 30.8 Å². The molecule has 7 nitrogen and oxygen atoms in total. The van der Waals surface area contributed by atoms with E-state index in [4.69, 9.17) is 9.94 Å². The molecule has 174 valence electrons. The zero-order chi connectivity index (χ0) is 23.7. The molecule has 1 aliphatic rings. The first-order valence-electron chi connectivity index (χ1n) is 11.5. The van der Waals surface area contributed by atoms with Crippen LogP contribution in [0.25, 0.3) is 33.5 Å². The van der Waals surface area contributed by atoms with Crippen LogP contribution in [0.15, 0.2) is 66.7 Å². The molecule has 4 aromatic rings. The Labute approximate surface area is 198 Å². The van der Waals surface area contributed by atoms with Crippen molar-refractivity contribution in [3.8, 4) is 22.5 Å². The molecule has 3 aromatic carbocycles. The van der Waals surface area contributed by atoms with E-state index in [9.17, 15) is 4.79 Å². The highest BCUT2D eigenvalue weighted by Gasteiger charge is 2.22. The van der Waals surface area contributed by atoms with Crippen molar-refractivity contribution < 1.29 is 14.7 Å². The zero-order valence-corrected chi connectivity index (χ0v) is 19.3. The molecule has 2 atom stereocenters. The van der Waals surface area contributed by atoms with Crippen LogP contribution in [0.5, 0.6) is 0 Å². The summed E-state index contributed by atoms with van der Waals surface area (Å²) in [5.74, 6) is 0.176. The molecule has 0 aliphatic carbocycles. The fourth-order valence-electron chi connectivity index (χ4n) is 4.69. The number of hydroxylamine groups is 1. The van der Waals surface area contributed by atoms with E-state index in [1.54, 1.807) is 23.7 Å². The number of ether oxygens (including phenoxy) is 1. The predicted molar refractivity (Wildman–Crippen MR) is 132 cm³/mol. The van der Waals surface area contributed by atoms with Gasteiger partial charge in [-0.2, -0.15) is 0 Å². The van der Waals surface area contributed by atoms with Gasteiger partial charge >= 0.3 is 0 Å². The number of H-pyrrole nitrogens is 1. The molecule has 0 spiro atoms. The number of aromatic nitrogens is 2. The van der Waals surface area contributed by atoms with Gasteiger partial charge in [-0.1, -0.05) is 42.5 Å². The summed E-state index contributed by atoms with van der Waals surface area (Å²) in [5.41, 5.74) is 8.09. The molecule has 1 amide bonds. The minimum absolute atomic E-state index is 0.260. The van der Waals surface area contributed by atoms with Gasteiger partial charge in [-0.25, -0.2) is 10.5 Å². The van der Waals surface area contributed by atoms with Gasteiger partial charge in [0.05, 0.1) is 23.2 Å². The standard InChI is InChI=1S/C27H28N4O3/c1-17-14-31(15-18(2)34-17)16-19-4-3-5-22(12-19)20-6-8-21(9-7-20)26-28-24-11-10-23(27(32)30-33)13-25(24)29-26/h3-13,17-18,33H,14-16H2,1-2H3,(H,28,29)(H,30,32)/t17-,18+. The predicted octanol–water partition coefficient (Wildman–Crippen LogP) is 4.63. The van der Waals surface area contributed by atoms with E-state index < -0.39 is 5.91 Å². The Bertz CT molecular complexity index is 1310. The quantitative estimate of drug-likeness (QED) is 0.301. The zero-order valence-electron chi connectivity index (χ0n) is 19.3. The number of carbonyl (C=O) groups excluding carboxylic acids is 1. The average Bonchev–Trinajstić information content (AvgIpc) is 3.27. The van der Waals surface area contributed by atoms with Crippen LogP contribution < -0.4 is 5.48 Å². The summed E-state index contributed by atoms with van der Waals surface area (Å²) in [6.45, 7) is 7.08. The fourth-order valence-corrected chi connectivity index (χ4v) is 4.69. The van der Waals surface area contributed by atoms with Crippen molar-refractivity contribution in [3.05, 3.63) is 77.9 Å². The molecule has 3 N–H and O–H groups in total. The summed E-state index contributed by atoms with van der Waals surface area (Å²) in [6.07, 6.45) is 0.521. The number of nitrogens with one attached hydrogen (secondary N) is 2. The molecular formula is C27H28N4O3. The Balaban J connectivity index is 1.34. The molecule has 5 rings (SSSR count). The summed E-state index contributed by atoms with van der Waals surface area (Å²) >= 11 is 0. The van der Waals surface area contributed by atoms with Crippen molar-refractivity contribution in [1.29, 1.82) is 0 Å². The Morgan fingerprint density at radius 3 is 2.50 bits per heavy atom. The van der Waals surface area contributed by atoms with Crippen molar-refractivity contribution in [2.24, 2.45) is 0 Å². The second kappa shape index (κ2) is 9.38. The highest BCUT2D eigenvalue weighted by Crippen LogP contribution is 2.26. The van der Waals surface area contributed by atoms with Gasteiger partial charge in [-0.15, -0.1) is 0 Å². The SMILES string of the molecule is C[C@@H]1CN(Cc2cccc(-c3ccc(-c4nc5ccc(C(=O)NO)cc5[nH]4)cc3)c2)C[C@H](C)O1. The van der Waals surface area contributed by atoms with Crippen LogP contribution in [-0.4, -0.2) is 51.3 Å². The number of amides is 1. The number of fused-ring (bicyclic) bond motifs is 1. The van der Waals surface area contributed by atoms with E-state index in [0.29, 0.717) is 5.56 Å². The van der Waals surface area contributed by atoms with Crippen LogP contribution in [0.2, 0.25) is 0 Å². The van der Waals surface area contributed by atoms with Crippen LogP contribution in [-0.2, 0) is 11.3 Å². The van der Waals surface area contributed by atoms with Gasteiger partial charge in [0.1, 0.15) is 5.82 Å². The summed E-state index contributed by atoms with van der Waals surface area (Å²) in [5, 5.41) is 8.85. The van der Waals surface area contributed by atoms with Gasteiger partial charge in [0.15, 0.2) is 0 Å². The molecule has 0 radical (unpaired) electrons. The fraction of sp³-hybridized carbons (Fsp3) is 0.259. The number of imidazole rings is 1. The van der Waals surface area contributed by atoms with Gasteiger partial charge in [0.25, 0.3) is 5.91 Å². The minimum atomic E-state index is -0.553. The number of aromatic amines is 1. The molecule has 1 aromatic heterocycles. The van der Waals surface area contributed by atoms with Crippen molar-refractivity contribution in [3.63, 3.8) is 0 Å². The Hall–Kier alpha value is -3.52. The first-order valence-corrected chi connectivity index (χ1v) is 11.5. The summed E-state index contributed by atoms with van der Waals surface area (Å²) in [4.78, 5) is 22.0. The van der Waals surface area contributed by atoms with Crippen LogP contribution in [0, 0.1) is 0 Å². The highest BCUT2D eigenvalue weighted by atomic mass is 16.5. The lowest BCUT2D eigenvalue weighted by molar-refractivity contribution is -0.0704. The molecule has 2 heterocycles. The lowest BCUT2D eigenvalue weighted by Gasteiger charge is -2.35. The molecule has 0 bridgehead atoms. The second-order valence-electron chi connectivity index (χ2n) is 8.99. The Morgan fingerprint density at radius 2 is 1.76 bits per heavy atom. The van der Waals surface area contributed by atoms with Crippen LogP contribution in [0.1, 0.15) is 29.8 Å². The summed E-state index contributed by atoms with van der Waals surface area (Å²) < 4.78 is 5.86. The van der Waals surface area contributed by atoms with Gasteiger partial charge in [-0.05, 0) is 54.8 Å². The van der Waals surface area contributed by atoms with Crippen molar-refractivity contribution in [2.45, 2.75) is 32.6 Å². The smallest absolute Gasteiger partial charge is 0.274 e. The topological polar surface area (TPSA) is 90.5 Å². The number of hydrogen-bond donors (Lipinski definition) is 3. The first kappa shape index (κ1) is 22.3. The van der Waals surface area contributed by atoms with Gasteiger partial charge in [0.2, 0.25) is 0 Å². The molecule has 7 heteroatoms. The summed E-state index contributed by atoms with van der Waals surface area (Å²) in [6, 6.07) is 22.1. The van der Waals surface area contributed by atoms with E-state index in [1.165, 1.54) is 11.1 Å². The maximum Gasteiger partial charge on any atom is 0.274 e. The van der Waals surface area contributed by atoms with Crippen molar-refractivity contribution in [1.82, 2.24) is 20.3 Å². The second-order valence-corrected chi connectivity index (χ2v) is 8.99. The van der Waals surface area contributed by atoms with Crippen LogP contribution in [0.3, 0.4) is 0 Å². The molecule has 1 saturated heterocycles. The molecule has 34 heavy (non-hydrogen) atoms. The first-order chi connectivity index (χ1) is 16.5. The Kier molecular flexibility index (Phi) is 6.15. The third-order valence-corrected chi connectivity index (χ3v) is 6.17. The summed E-state index contributed by atoms with van der Waals surface area (Å²) in [7, 11) is 0. The third-order valence-electron chi connectivity index (χ3n) is 6.17. The molecule has 0 saturated carbocycles. The maximum atomic E-state index is 11.7. The van der Waals surface area contributed by atoms with E-state index in [0.717, 1.165) is 47.6 Å². The molecule has 1 fully saturated rings. The third kappa shape index (κ3) is 4.72. The largest absolute Gasteiger partial charge is 0.373 e. The van der Waals surface area contributed by atoms with Gasteiger partial charge < -0.3 is 9.72 Å². The number of hydrogen-bond acceptors (Lipinski definition) is 5. The van der Waals surface area contributed by atoms with Crippen molar-refractivity contribution >= 4 is 16.9 Å². The van der Waals surface area contributed by atoms with Crippen LogP contribution in [0.4, 0.5) is 0 Å². The van der Waals surface area contributed by atoms with Gasteiger partial charge in [-0.3, -0.25) is 14.9 Å². The molecular weight excluding hydrogens is 428 g/mol. The van der Waals surface area contributed by atoms with E-state index >= 15 is 0 Å². The minimum Gasteiger partial charge on any atom is -0.373 e. The number of benzene rings is 3. The lowest BCUT2D eigenvalue weighted by atomic mass is 10.0. The Morgan fingerprint density at radius 1 is 1.03 bits per heavy atom. The molecule has 0 unspecified atom stereocenters. The normalized spacial score (nSPS) is 18.8. The maximum absolute atomic E-state index is 11.7. The van der Waals surface area contributed by atoms with E-state index in [2.05, 4.69) is 65.1 Å². The molecule has 1 aliphatic heterocycles.